The van der Waals surface area contributed by atoms with Crippen LogP contribution in [0.3, 0.4) is 0 Å². The van der Waals surface area contributed by atoms with Gasteiger partial charge in [0, 0.05) is 38.9 Å². The van der Waals surface area contributed by atoms with E-state index in [4.69, 9.17) is 8.83 Å². The molecule has 12 aromatic rings. The van der Waals surface area contributed by atoms with Gasteiger partial charge in [0.25, 0.3) is 0 Å². The Morgan fingerprint density at radius 1 is 0.316 bits per heavy atom. The molecule has 0 aliphatic rings. The van der Waals surface area contributed by atoms with E-state index in [2.05, 4.69) is 193 Å². The van der Waals surface area contributed by atoms with Crippen LogP contribution < -0.4 is 4.90 Å². The van der Waals surface area contributed by atoms with Crippen LogP contribution in [-0.2, 0) is 0 Å². The van der Waals surface area contributed by atoms with Crippen molar-refractivity contribution in [2.45, 2.75) is 0 Å². The van der Waals surface area contributed by atoms with Gasteiger partial charge in [0.2, 0.25) is 0 Å². The molecule has 0 atom stereocenters. The number of fused-ring (bicyclic) bond motifs is 10. The lowest BCUT2D eigenvalue weighted by Crippen LogP contribution is -2.10. The molecule has 0 aliphatic carbocycles. The van der Waals surface area contributed by atoms with E-state index in [0.717, 1.165) is 72.1 Å². The molecule has 57 heavy (non-hydrogen) atoms. The lowest BCUT2D eigenvalue weighted by atomic mass is 9.89. The van der Waals surface area contributed by atoms with Crippen molar-refractivity contribution < 1.29 is 8.83 Å². The number of benzene rings is 10. The van der Waals surface area contributed by atoms with Gasteiger partial charge in [-0.25, -0.2) is 0 Å². The van der Waals surface area contributed by atoms with Gasteiger partial charge < -0.3 is 13.7 Å². The quantitative estimate of drug-likeness (QED) is 0.165. The van der Waals surface area contributed by atoms with E-state index in [0.29, 0.717) is 0 Å². The molecule has 10 aromatic carbocycles. The highest BCUT2D eigenvalue weighted by molar-refractivity contribution is 6.24. The predicted molar refractivity (Wildman–Crippen MR) is 239 cm³/mol. The molecule has 0 saturated carbocycles. The molecule has 2 aromatic heterocycles. The summed E-state index contributed by atoms with van der Waals surface area (Å²) in [5.74, 6) is 0. The number of rotatable bonds is 5. The Morgan fingerprint density at radius 3 is 1.74 bits per heavy atom. The van der Waals surface area contributed by atoms with Gasteiger partial charge in [-0.2, -0.15) is 0 Å². The van der Waals surface area contributed by atoms with Gasteiger partial charge in [-0.05, 0) is 97.5 Å². The van der Waals surface area contributed by atoms with Crippen molar-refractivity contribution in [3.05, 3.63) is 200 Å². The van der Waals surface area contributed by atoms with Gasteiger partial charge in [-0.1, -0.05) is 146 Å². The van der Waals surface area contributed by atoms with Crippen LogP contribution in [0.2, 0.25) is 0 Å². The molecule has 266 valence electrons. The van der Waals surface area contributed by atoms with Crippen LogP contribution in [0.1, 0.15) is 0 Å². The molecule has 3 nitrogen and oxygen atoms in total. The number of hydrogen-bond acceptors (Lipinski definition) is 3. The Morgan fingerprint density at radius 2 is 0.912 bits per heavy atom. The molecular weight excluding hydrogens is 695 g/mol. The average molecular weight is 728 g/mol. The zero-order chi connectivity index (χ0) is 37.5. The van der Waals surface area contributed by atoms with E-state index in [-0.39, 0.29) is 0 Å². The minimum Gasteiger partial charge on any atom is -0.455 e. The largest absolute Gasteiger partial charge is 0.455 e. The molecule has 2 heterocycles. The van der Waals surface area contributed by atoms with Crippen LogP contribution >= 0.6 is 0 Å². The minimum atomic E-state index is 0.826. The molecule has 0 radical (unpaired) electrons. The monoisotopic (exact) mass is 727 g/mol. The van der Waals surface area contributed by atoms with E-state index in [1.165, 1.54) is 43.4 Å². The minimum absolute atomic E-state index is 0.826. The molecule has 0 N–H and O–H groups in total. The second-order valence-corrected chi connectivity index (χ2v) is 14.8. The lowest BCUT2D eigenvalue weighted by molar-refractivity contribution is 0.668. The van der Waals surface area contributed by atoms with E-state index in [9.17, 15) is 0 Å². The van der Waals surface area contributed by atoms with Crippen molar-refractivity contribution in [3.63, 3.8) is 0 Å². The topological polar surface area (TPSA) is 29.5 Å². The SMILES string of the molecule is c1ccc(-c2ccc(N(c3ccc4c(c3)oc3c(-c5cc6ccccc6c6ccccc56)c5ccccc5cc34)c3cccc4c3oc3ccccc34)cc2)cc1. The number of nitrogens with zero attached hydrogens (tertiary/aromatic N) is 1. The summed E-state index contributed by atoms with van der Waals surface area (Å²) in [6.45, 7) is 0. The zero-order valence-corrected chi connectivity index (χ0v) is 30.8. The van der Waals surface area contributed by atoms with E-state index in [1.54, 1.807) is 0 Å². The highest BCUT2D eigenvalue weighted by Gasteiger charge is 2.23. The van der Waals surface area contributed by atoms with E-state index in [1.807, 2.05) is 12.1 Å². The van der Waals surface area contributed by atoms with Crippen LogP contribution in [0.4, 0.5) is 17.1 Å². The molecule has 0 aliphatic heterocycles. The third kappa shape index (κ3) is 4.92. The number of anilines is 3. The van der Waals surface area contributed by atoms with E-state index >= 15 is 0 Å². The van der Waals surface area contributed by atoms with Gasteiger partial charge >= 0.3 is 0 Å². The number of para-hydroxylation sites is 2. The van der Waals surface area contributed by atoms with Crippen LogP contribution in [-0.4, -0.2) is 0 Å². The summed E-state index contributed by atoms with van der Waals surface area (Å²) in [4.78, 5) is 2.29. The van der Waals surface area contributed by atoms with Gasteiger partial charge in [0.05, 0.1) is 11.4 Å². The Kier molecular flexibility index (Phi) is 6.93. The molecule has 0 unspecified atom stereocenters. The van der Waals surface area contributed by atoms with E-state index < -0.39 is 0 Å². The lowest BCUT2D eigenvalue weighted by Gasteiger charge is -2.25. The maximum absolute atomic E-state index is 7.13. The van der Waals surface area contributed by atoms with Crippen molar-refractivity contribution in [2.75, 3.05) is 4.90 Å². The molecule has 0 saturated heterocycles. The Balaban J connectivity index is 1.11. The van der Waals surface area contributed by atoms with Gasteiger partial charge in [0.1, 0.15) is 16.7 Å². The van der Waals surface area contributed by atoms with Crippen LogP contribution in [0.25, 0.3) is 98.4 Å². The Bertz CT molecular complexity index is 3520. The third-order valence-corrected chi connectivity index (χ3v) is 11.6. The highest BCUT2D eigenvalue weighted by atomic mass is 16.3. The van der Waals surface area contributed by atoms with Gasteiger partial charge in [0.15, 0.2) is 5.58 Å². The molecule has 0 amide bonds. The second kappa shape index (κ2) is 12.5. The molecule has 3 heteroatoms. The molecular formula is C54H33NO2. The fourth-order valence-electron chi connectivity index (χ4n) is 9.00. The first kappa shape index (κ1) is 31.7. The normalized spacial score (nSPS) is 11.9. The van der Waals surface area contributed by atoms with Crippen LogP contribution in [0.15, 0.2) is 209 Å². The number of furan rings is 2. The zero-order valence-electron chi connectivity index (χ0n) is 30.8. The second-order valence-electron chi connectivity index (χ2n) is 14.8. The maximum Gasteiger partial charge on any atom is 0.159 e. The third-order valence-electron chi connectivity index (χ3n) is 11.6. The summed E-state index contributed by atoms with van der Waals surface area (Å²) in [6, 6.07) is 71.3. The molecule has 0 spiro atoms. The first-order chi connectivity index (χ1) is 28.3. The predicted octanol–water partition coefficient (Wildman–Crippen LogP) is 15.7. The number of hydrogen-bond donors (Lipinski definition) is 0. The standard InChI is InChI=1S/C54H33NO2/c1-2-13-34(14-3-1)35-25-27-38(28-26-35)55(49-23-12-22-46-44-21-10-11-24-50(44)56-53(46)49)39-29-30-45-48-32-37-16-5-7-18-41(37)52(54(48)57-51(45)33-39)47-31-36-15-4-6-17-40(36)42-19-8-9-20-43(42)47/h1-33H. The van der Waals surface area contributed by atoms with Crippen molar-refractivity contribution in [2.24, 2.45) is 0 Å². The smallest absolute Gasteiger partial charge is 0.159 e. The van der Waals surface area contributed by atoms with Crippen molar-refractivity contribution in [1.82, 2.24) is 0 Å². The molecule has 12 rings (SSSR count). The average Bonchev–Trinajstić information content (AvgIpc) is 3.84. The summed E-state index contributed by atoms with van der Waals surface area (Å²) >= 11 is 0. The summed E-state index contributed by atoms with van der Waals surface area (Å²) in [6.07, 6.45) is 0. The summed E-state index contributed by atoms with van der Waals surface area (Å²) in [5, 5.41) is 11.6. The Hall–Kier alpha value is -7.62. The Labute approximate surface area is 328 Å². The van der Waals surface area contributed by atoms with Crippen molar-refractivity contribution in [1.29, 1.82) is 0 Å². The molecule has 0 bridgehead atoms. The van der Waals surface area contributed by atoms with Crippen molar-refractivity contribution in [3.8, 4) is 22.3 Å². The fourth-order valence-corrected chi connectivity index (χ4v) is 9.00. The summed E-state index contributed by atoms with van der Waals surface area (Å²) < 4.78 is 13.8. The first-order valence-corrected chi connectivity index (χ1v) is 19.4. The van der Waals surface area contributed by atoms with Crippen LogP contribution in [0.5, 0.6) is 0 Å². The molecule has 0 fully saturated rings. The van der Waals surface area contributed by atoms with Crippen LogP contribution in [0, 0.1) is 0 Å². The van der Waals surface area contributed by atoms with Gasteiger partial charge in [-0.3, -0.25) is 0 Å². The summed E-state index contributed by atoms with van der Waals surface area (Å²) in [5.41, 5.74) is 11.0. The first-order valence-electron chi connectivity index (χ1n) is 19.4. The van der Waals surface area contributed by atoms with Crippen molar-refractivity contribution >= 4 is 93.3 Å². The highest BCUT2D eigenvalue weighted by Crippen LogP contribution is 2.47. The van der Waals surface area contributed by atoms with Gasteiger partial charge in [-0.15, -0.1) is 0 Å². The maximum atomic E-state index is 7.13. The fraction of sp³-hybridized carbons (Fsp3) is 0. The summed E-state index contributed by atoms with van der Waals surface area (Å²) in [7, 11) is 0.